The molecule has 1 heterocycles. The Labute approximate surface area is 96.2 Å². The van der Waals surface area contributed by atoms with Crippen LogP contribution in [0, 0.1) is 5.92 Å². The maximum atomic E-state index is 11.9. The smallest absolute Gasteiger partial charge is 0.255 e. The molecule has 1 unspecified atom stereocenters. The lowest BCUT2D eigenvalue weighted by Crippen LogP contribution is -2.56. The highest BCUT2D eigenvalue weighted by Gasteiger charge is 2.33. The maximum Gasteiger partial charge on any atom is 0.255 e. The number of nitrogens with one attached hydrogen (secondary N) is 2. The zero-order valence-electron chi connectivity index (χ0n) is 10.0. The van der Waals surface area contributed by atoms with Crippen LogP contribution in [0.1, 0.15) is 37.6 Å². The number of para-hydroxylation sites is 1. The van der Waals surface area contributed by atoms with Crippen LogP contribution in [0.3, 0.4) is 0 Å². The van der Waals surface area contributed by atoms with Crippen LogP contribution >= 0.6 is 0 Å². The third-order valence-corrected chi connectivity index (χ3v) is 2.79. The van der Waals surface area contributed by atoms with Gasteiger partial charge in [0, 0.05) is 5.69 Å². The van der Waals surface area contributed by atoms with Crippen molar-refractivity contribution >= 4 is 11.6 Å². The van der Waals surface area contributed by atoms with E-state index in [9.17, 15) is 4.79 Å². The van der Waals surface area contributed by atoms with Crippen LogP contribution in [0.2, 0.25) is 0 Å². The number of anilines is 1. The van der Waals surface area contributed by atoms with Crippen LogP contribution in [0.4, 0.5) is 5.69 Å². The predicted molar refractivity (Wildman–Crippen MR) is 65.4 cm³/mol. The highest BCUT2D eigenvalue weighted by molar-refractivity contribution is 6.02. The summed E-state index contributed by atoms with van der Waals surface area (Å²) in [5.41, 5.74) is 1.32. The number of benzene rings is 1. The molecule has 1 aromatic rings. The zero-order valence-corrected chi connectivity index (χ0v) is 10.0. The van der Waals surface area contributed by atoms with E-state index < -0.39 is 0 Å². The fraction of sp³-hybridized carbons (Fsp3) is 0.462. The molecule has 1 aliphatic rings. The highest BCUT2D eigenvalue weighted by atomic mass is 16.2. The van der Waals surface area contributed by atoms with Crippen LogP contribution in [-0.2, 0) is 0 Å². The minimum atomic E-state index is -0.334. The van der Waals surface area contributed by atoms with Crippen molar-refractivity contribution in [2.24, 2.45) is 5.92 Å². The summed E-state index contributed by atoms with van der Waals surface area (Å²) in [6.07, 6.45) is 0.910. The molecule has 1 aromatic carbocycles. The van der Waals surface area contributed by atoms with Gasteiger partial charge >= 0.3 is 0 Å². The van der Waals surface area contributed by atoms with Crippen LogP contribution in [-0.4, -0.2) is 11.6 Å². The third kappa shape index (κ3) is 2.03. The summed E-state index contributed by atoms with van der Waals surface area (Å²) in [6.45, 7) is 6.33. The van der Waals surface area contributed by atoms with Crippen molar-refractivity contribution in [2.45, 2.75) is 32.9 Å². The molecule has 86 valence electrons. The van der Waals surface area contributed by atoms with Gasteiger partial charge in [0.05, 0.1) is 5.56 Å². The molecular weight excluding hydrogens is 200 g/mol. The summed E-state index contributed by atoms with van der Waals surface area (Å²) >= 11 is 0. The first-order valence-electron chi connectivity index (χ1n) is 5.70. The first-order chi connectivity index (χ1) is 7.50. The second-order valence-corrected chi connectivity index (χ2v) is 5.05. The van der Waals surface area contributed by atoms with E-state index in [1.165, 1.54) is 0 Å². The molecule has 2 rings (SSSR count). The summed E-state index contributed by atoms with van der Waals surface area (Å²) in [4.78, 5) is 11.9. The van der Waals surface area contributed by atoms with Crippen molar-refractivity contribution in [3.63, 3.8) is 0 Å². The molecule has 0 aromatic heterocycles. The average Bonchev–Trinajstić information content (AvgIpc) is 2.15. The largest absolute Gasteiger partial charge is 0.362 e. The molecule has 0 fully saturated rings. The van der Waals surface area contributed by atoms with Crippen molar-refractivity contribution in [1.29, 1.82) is 0 Å². The monoisotopic (exact) mass is 218 g/mol. The van der Waals surface area contributed by atoms with E-state index in [1.54, 1.807) is 0 Å². The maximum absolute atomic E-state index is 11.9. The minimum absolute atomic E-state index is 0.0116. The van der Waals surface area contributed by atoms with E-state index in [0.29, 0.717) is 5.92 Å². The van der Waals surface area contributed by atoms with Gasteiger partial charge in [0.2, 0.25) is 0 Å². The zero-order chi connectivity index (χ0) is 11.8. The summed E-state index contributed by atoms with van der Waals surface area (Å²) < 4.78 is 0. The van der Waals surface area contributed by atoms with Crippen LogP contribution < -0.4 is 10.6 Å². The number of hydrogen-bond acceptors (Lipinski definition) is 2. The lowest BCUT2D eigenvalue weighted by atomic mass is 9.95. The van der Waals surface area contributed by atoms with E-state index >= 15 is 0 Å². The molecule has 0 saturated heterocycles. The summed E-state index contributed by atoms with van der Waals surface area (Å²) in [7, 11) is 0. The SMILES string of the molecule is CC(C)CC1(C)NC(=O)c2ccccc2N1. The number of fused-ring (bicyclic) bond motifs is 1. The van der Waals surface area contributed by atoms with Crippen molar-refractivity contribution in [3.8, 4) is 0 Å². The van der Waals surface area contributed by atoms with E-state index in [0.717, 1.165) is 17.7 Å². The van der Waals surface area contributed by atoms with Gasteiger partial charge in [0.15, 0.2) is 0 Å². The number of carbonyl (C=O) groups is 1. The van der Waals surface area contributed by atoms with Crippen molar-refractivity contribution in [2.75, 3.05) is 5.32 Å². The van der Waals surface area contributed by atoms with E-state index in [1.807, 2.05) is 31.2 Å². The van der Waals surface area contributed by atoms with Gasteiger partial charge in [-0.25, -0.2) is 0 Å². The molecule has 16 heavy (non-hydrogen) atoms. The molecule has 3 heteroatoms. The van der Waals surface area contributed by atoms with E-state index in [-0.39, 0.29) is 11.6 Å². The Morgan fingerprint density at radius 3 is 2.62 bits per heavy atom. The second kappa shape index (κ2) is 3.81. The summed E-state index contributed by atoms with van der Waals surface area (Å²) in [5.74, 6) is 0.542. The first kappa shape index (κ1) is 11.0. The van der Waals surface area contributed by atoms with Gasteiger partial charge < -0.3 is 10.6 Å². The van der Waals surface area contributed by atoms with Crippen LogP contribution in [0.5, 0.6) is 0 Å². The molecule has 0 aliphatic carbocycles. The lowest BCUT2D eigenvalue weighted by Gasteiger charge is -2.38. The van der Waals surface area contributed by atoms with Gasteiger partial charge in [0.1, 0.15) is 5.66 Å². The second-order valence-electron chi connectivity index (χ2n) is 5.05. The summed E-state index contributed by atoms with van der Waals surface area (Å²) in [5, 5.41) is 6.43. The average molecular weight is 218 g/mol. The van der Waals surface area contributed by atoms with Crippen LogP contribution in [0.25, 0.3) is 0 Å². The number of hydrogen-bond donors (Lipinski definition) is 2. The van der Waals surface area contributed by atoms with Gasteiger partial charge in [0.25, 0.3) is 5.91 Å². The Kier molecular flexibility index (Phi) is 2.62. The molecule has 0 spiro atoms. The number of carbonyl (C=O) groups excluding carboxylic acids is 1. The molecule has 1 amide bonds. The first-order valence-corrected chi connectivity index (χ1v) is 5.70. The topological polar surface area (TPSA) is 41.1 Å². The minimum Gasteiger partial charge on any atom is -0.362 e. The standard InChI is InChI=1S/C13H18N2O/c1-9(2)8-13(3)14-11-7-5-4-6-10(11)12(16)15-13/h4-7,9,14H,8H2,1-3H3,(H,15,16). The molecule has 2 N–H and O–H groups in total. The number of amides is 1. The Morgan fingerprint density at radius 2 is 1.94 bits per heavy atom. The van der Waals surface area contributed by atoms with E-state index in [4.69, 9.17) is 0 Å². The van der Waals surface area contributed by atoms with Gasteiger partial charge in [-0.3, -0.25) is 4.79 Å². The molecule has 3 nitrogen and oxygen atoms in total. The van der Waals surface area contributed by atoms with Crippen molar-refractivity contribution < 1.29 is 4.79 Å². The van der Waals surface area contributed by atoms with E-state index in [2.05, 4.69) is 24.5 Å². The third-order valence-electron chi connectivity index (χ3n) is 2.79. The van der Waals surface area contributed by atoms with Crippen molar-refractivity contribution in [3.05, 3.63) is 29.8 Å². The molecule has 0 radical (unpaired) electrons. The Hall–Kier alpha value is -1.51. The fourth-order valence-electron chi connectivity index (χ4n) is 2.36. The molecular formula is C13H18N2O. The quantitative estimate of drug-likeness (QED) is 0.801. The van der Waals surface area contributed by atoms with Gasteiger partial charge in [-0.1, -0.05) is 26.0 Å². The Balaban J connectivity index is 2.30. The number of rotatable bonds is 2. The highest BCUT2D eigenvalue weighted by Crippen LogP contribution is 2.27. The lowest BCUT2D eigenvalue weighted by molar-refractivity contribution is 0.0898. The molecule has 1 atom stereocenters. The molecule has 1 aliphatic heterocycles. The van der Waals surface area contributed by atoms with Gasteiger partial charge in [-0.2, -0.15) is 0 Å². The van der Waals surface area contributed by atoms with Gasteiger partial charge in [-0.05, 0) is 31.4 Å². The normalized spacial score (nSPS) is 23.6. The summed E-state index contributed by atoms with van der Waals surface area (Å²) in [6, 6.07) is 7.62. The van der Waals surface area contributed by atoms with Crippen molar-refractivity contribution in [1.82, 2.24) is 5.32 Å². The predicted octanol–water partition coefficient (Wildman–Crippen LogP) is 2.60. The van der Waals surface area contributed by atoms with Gasteiger partial charge in [-0.15, -0.1) is 0 Å². The fourth-order valence-corrected chi connectivity index (χ4v) is 2.36. The van der Waals surface area contributed by atoms with Crippen LogP contribution in [0.15, 0.2) is 24.3 Å². The molecule has 0 bridgehead atoms. The Morgan fingerprint density at radius 1 is 1.25 bits per heavy atom. The Bertz CT molecular complexity index is 414. The molecule has 0 saturated carbocycles.